The number of ether oxygens (including phenoxy) is 3. The van der Waals surface area contributed by atoms with Gasteiger partial charge in [-0.05, 0) is 0 Å². The van der Waals surface area contributed by atoms with Gasteiger partial charge in [0.05, 0.1) is 6.61 Å². The summed E-state index contributed by atoms with van der Waals surface area (Å²) in [6, 6.07) is 8.41. The zero-order valence-corrected chi connectivity index (χ0v) is 12.1. The minimum absolute atomic E-state index is 0.186. The lowest BCUT2D eigenvalue weighted by molar-refractivity contribution is -0.337. The molecule has 0 saturated carbocycles. The van der Waals surface area contributed by atoms with Gasteiger partial charge in [-0.1, -0.05) is 30.3 Å². The molecule has 6 atom stereocenters. The molecule has 0 unspecified atom stereocenters. The van der Waals surface area contributed by atoms with Crippen LogP contribution in [0.1, 0.15) is 18.8 Å². The van der Waals surface area contributed by atoms with Gasteiger partial charge in [0, 0.05) is 12.5 Å². The Bertz CT molecular complexity index is 524. The number of fused-ring (bicyclic) bond motifs is 1. The second kappa shape index (κ2) is 6.31. The molecule has 2 heterocycles. The molecule has 1 aromatic carbocycles. The molecule has 0 spiro atoms. The first-order valence-corrected chi connectivity index (χ1v) is 7.17. The number of benzene rings is 1. The fraction of sp³-hybridized carbons (Fsp3) is 0.533. The number of nitrogens with one attached hydrogen (secondary N) is 1. The summed E-state index contributed by atoms with van der Waals surface area (Å²) in [5.74, 6) is -0.364. The van der Waals surface area contributed by atoms with Crippen LogP contribution in [0.25, 0.3) is 0 Å². The van der Waals surface area contributed by atoms with Crippen molar-refractivity contribution in [1.29, 1.82) is 0 Å². The molecular formula is C15H19NO6. The van der Waals surface area contributed by atoms with E-state index in [9.17, 15) is 15.0 Å². The molecule has 2 fully saturated rings. The predicted octanol–water partition coefficient (Wildman–Crippen LogP) is -0.317. The Kier molecular flexibility index (Phi) is 4.42. The zero-order valence-electron chi connectivity index (χ0n) is 12.1. The van der Waals surface area contributed by atoms with Crippen LogP contribution in [0.4, 0.5) is 0 Å². The van der Waals surface area contributed by atoms with E-state index in [4.69, 9.17) is 14.2 Å². The Hall–Kier alpha value is -1.51. The molecule has 1 amide bonds. The van der Waals surface area contributed by atoms with Crippen molar-refractivity contribution < 1.29 is 29.2 Å². The average Bonchev–Trinajstić information content (AvgIpc) is 2.52. The summed E-state index contributed by atoms with van der Waals surface area (Å²) in [6.45, 7) is 1.49. The highest BCUT2D eigenvalue weighted by Crippen LogP contribution is 2.33. The minimum Gasteiger partial charge on any atom is -0.388 e. The highest BCUT2D eigenvalue weighted by atomic mass is 16.7. The van der Waals surface area contributed by atoms with Gasteiger partial charge in [0.15, 0.2) is 12.6 Å². The number of hydrogen-bond acceptors (Lipinski definition) is 6. The van der Waals surface area contributed by atoms with Crippen molar-refractivity contribution in [2.45, 2.75) is 43.9 Å². The van der Waals surface area contributed by atoms with Crippen LogP contribution in [-0.2, 0) is 19.0 Å². The second-order valence-corrected chi connectivity index (χ2v) is 5.46. The highest BCUT2D eigenvalue weighted by molar-refractivity contribution is 5.73. The van der Waals surface area contributed by atoms with Crippen LogP contribution in [0.3, 0.4) is 0 Å². The summed E-state index contributed by atoms with van der Waals surface area (Å²) in [4.78, 5) is 11.2. The van der Waals surface area contributed by atoms with Crippen LogP contribution >= 0.6 is 0 Å². The molecule has 3 N–H and O–H groups in total. The lowest BCUT2D eigenvalue weighted by Gasteiger charge is -2.46. The van der Waals surface area contributed by atoms with E-state index >= 15 is 0 Å². The van der Waals surface area contributed by atoms with Gasteiger partial charge in [-0.3, -0.25) is 4.79 Å². The Morgan fingerprint density at radius 2 is 1.95 bits per heavy atom. The number of aliphatic hydroxyl groups is 2. The molecule has 0 aliphatic carbocycles. The van der Waals surface area contributed by atoms with Crippen LogP contribution in [-0.4, -0.2) is 53.4 Å². The molecule has 22 heavy (non-hydrogen) atoms. The number of carbonyl (C=O) groups excluding carboxylic acids is 1. The number of aliphatic hydroxyl groups excluding tert-OH is 2. The molecule has 2 aliphatic rings. The van der Waals surface area contributed by atoms with E-state index in [0.717, 1.165) is 5.56 Å². The summed E-state index contributed by atoms with van der Waals surface area (Å²) >= 11 is 0. The lowest BCUT2D eigenvalue weighted by Crippen LogP contribution is -2.66. The summed E-state index contributed by atoms with van der Waals surface area (Å²) in [5, 5.41) is 22.8. The van der Waals surface area contributed by atoms with Gasteiger partial charge in [-0.15, -0.1) is 0 Å². The van der Waals surface area contributed by atoms with Gasteiger partial charge in [0.2, 0.25) is 5.91 Å². The first-order chi connectivity index (χ1) is 10.6. The maximum Gasteiger partial charge on any atom is 0.217 e. The summed E-state index contributed by atoms with van der Waals surface area (Å²) < 4.78 is 16.8. The van der Waals surface area contributed by atoms with Gasteiger partial charge in [0.25, 0.3) is 0 Å². The molecule has 0 bridgehead atoms. The second-order valence-electron chi connectivity index (χ2n) is 5.46. The quantitative estimate of drug-likeness (QED) is 0.693. The van der Waals surface area contributed by atoms with E-state index in [1.807, 2.05) is 30.3 Å². The zero-order chi connectivity index (χ0) is 15.7. The number of rotatable bonds is 2. The van der Waals surface area contributed by atoms with Gasteiger partial charge >= 0.3 is 0 Å². The molecule has 0 radical (unpaired) electrons. The van der Waals surface area contributed by atoms with E-state index in [-0.39, 0.29) is 12.5 Å². The first-order valence-electron chi connectivity index (χ1n) is 7.17. The number of hydrogen-bond donors (Lipinski definition) is 3. The van der Waals surface area contributed by atoms with Crippen molar-refractivity contribution in [3.05, 3.63) is 35.9 Å². The SMILES string of the molecule is CC(=O)N[C@@H]1[C@@H](O)[C@H]2O[C@@H](c3ccccc3)OC[C@H]2O[C@@H]1O. The maximum atomic E-state index is 11.2. The summed E-state index contributed by atoms with van der Waals surface area (Å²) in [7, 11) is 0. The minimum atomic E-state index is -1.30. The molecule has 120 valence electrons. The normalized spacial score (nSPS) is 38.1. The third-order valence-electron chi connectivity index (χ3n) is 3.83. The molecule has 7 nitrogen and oxygen atoms in total. The first kappa shape index (κ1) is 15.4. The van der Waals surface area contributed by atoms with Crippen molar-refractivity contribution >= 4 is 5.91 Å². The Balaban J connectivity index is 1.75. The third-order valence-corrected chi connectivity index (χ3v) is 3.83. The largest absolute Gasteiger partial charge is 0.388 e. The van der Waals surface area contributed by atoms with E-state index in [2.05, 4.69) is 5.32 Å². The molecule has 3 rings (SSSR count). The molecule has 1 aromatic rings. The molecule has 7 heteroatoms. The smallest absolute Gasteiger partial charge is 0.217 e. The Morgan fingerprint density at radius 3 is 2.64 bits per heavy atom. The standard InChI is InChI=1S/C15H19NO6/c1-8(17)16-11-12(18)13-10(21-14(11)19)7-20-15(22-13)9-5-3-2-4-6-9/h2-6,10-15,18-19H,7H2,1H3,(H,16,17)/t10-,11-,12-,13+,14+,15+/m1/s1. The van der Waals surface area contributed by atoms with Crippen molar-refractivity contribution in [3.63, 3.8) is 0 Å². The molecular weight excluding hydrogens is 290 g/mol. The van der Waals surface area contributed by atoms with Crippen LogP contribution in [0, 0.1) is 0 Å². The van der Waals surface area contributed by atoms with E-state index in [0.29, 0.717) is 0 Å². The van der Waals surface area contributed by atoms with Crippen molar-refractivity contribution in [2.24, 2.45) is 0 Å². The molecule has 2 saturated heterocycles. The topological polar surface area (TPSA) is 97.3 Å². The van der Waals surface area contributed by atoms with Crippen LogP contribution in [0.5, 0.6) is 0 Å². The van der Waals surface area contributed by atoms with Gasteiger partial charge in [-0.2, -0.15) is 0 Å². The highest BCUT2D eigenvalue weighted by Gasteiger charge is 2.49. The van der Waals surface area contributed by atoms with Crippen LogP contribution < -0.4 is 5.32 Å². The fourth-order valence-electron chi connectivity index (χ4n) is 2.78. The van der Waals surface area contributed by atoms with Crippen molar-refractivity contribution in [1.82, 2.24) is 5.32 Å². The third kappa shape index (κ3) is 2.99. The van der Waals surface area contributed by atoms with Gasteiger partial charge < -0.3 is 29.7 Å². The Morgan fingerprint density at radius 1 is 1.23 bits per heavy atom. The van der Waals surface area contributed by atoms with Gasteiger partial charge in [0.1, 0.15) is 24.4 Å². The monoisotopic (exact) mass is 309 g/mol. The molecule has 2 aliphatic heterocycles. The lowest BCUT2D eigenvalue weighted by atomic mass is 9.96. The average molecular weight is 309 g/mol. The molecule has 0 aromatic heterocycles. The number of carbonyl (C=O) groups is 1. The van der Waals surface area contributed by atoms with Crippen LogP contribution in [0.2, 0.25) is 0 Å². The van der Waals surface area contributed by atoms with Crippen LogP contribution in [0.15, 0.2) is 30.3 Å². The summed E-state index contributed by atoms with van der Waals surface area (Å²) in [5.41, 5.74) is 0.829. The van der Waals surface area contributed by atoms with Crippen molar-refractivity contribution in [3.8, 4) is 0 Å². The van der Waals surface area contributed by atoms with Gasteiger partial charge in [-0.25, -0.2) is 0 Å². The van der Waals surface area contributed by atoms with E-state index < -0.39 is 36.9 Å². The van der Waals surface area contributed by atoms with E-state index in [1.165, 1.54) is 6.92 Å². The van der Waals surface area contributed by atoms with Crippen molar-refractivity contribution in [2.75, 3.05) is 6.61 Å². The van der Waals surface area contributed by atoms with E-state index in [1.54, 1.807) is 0 Å². The Labute approximate surface area is 127 Å². The maximum absolute atomic E-state index is 11.2. The fourth-order valence-corrected chi connectivity index (χ4v) is 2.78. The number of amides is 1. The predicted molar refractivity (Wildman–Crippen MR) is 74.5 cm³/mol. The summed E-state index contributed by atoms with van der Waals surface area (Å²) in [6.07, 6.45) is -4.29.